The van der Waals surface area contributed by atoms with Crippen LogP contribution in [0.15, 0.2) is 97.5 Å². The Kier molecular flexibility index (Phi) is 14.3. The fraction of sp³-hybridized carbons (Fsp3) is 0.0513. The van der Waals surface area contributed by atoms with Crippen LogP contribution in [0.3, 0.4) is 0 Å². The molecule has 1 N–H and O–H groups in total. The number of thiocarbonyl (C=S) groups is 1. The number of carboxylic acid groups (broad SMARTS) is 1. The Morgan fingerprint density at radius 1 is 0.814 bits per heavy atom. The van der Waals surface area contributed by atoms with Crippen molar-refractivity contribution in [1.82, 2.24) is 30.1 Å². The van der Waals surface area contributed by atoms with Crippen molar-refractivity contribution in [2.75, 3.05) is 0 Å². The Bertz CT molecular complexity index is 2770. The van der Waals surface area contributed by atoms with Gasteiger partial charge in [0.1, 0.15) is 17.2 Å². The normalized spacial score (nSPS) is 10.6. The van der Waals surface area contributed by atoms with E-state index in [1.807, 2.05) is 6.07 Å². The summed E-state index contributed by atoms with van der Waals surface area (Å²) in [6, 6.07) is 21.7. The van der Waals surface area contributed by atoms with Crippen molar-refractivity contribution in [2.45, 2.75) is 13.1 Å². The van der Waals surface area contributed by atoms with E-state index in [1.54, 1.807) is 34.9 Å². The minimum Gasteiger partial charge on any atom is -0.753 e. The summed E-state index contributed by atoms with van der Waals surface area (Å²) in [5.74, 6) is -0.693. The standard InChI is InChI=1S/C20H11F3N3S2.C18H11N3O6.CNS.Ru/c1-10-4-12-5-18-13(7-17(12)27-10)6-16(28-18)11-2-3-14(24-9-11)15-8-19(26-25-15)20(21,22)23;22-9-26-12-2-4-20-15(6-12)17-8-13(27-10-23)7-16(21-17)14-5-11(18(24)25)1-3-19-14;2-1-3;/h2-9H,1H3;1-10H,(H,24,25);;/q-1;;-1;+2. The van der Waals surface area contributed by atoms with E-state index in [-0.39, 0.29) is 66.6 Å². The van der Waals surface area contributed by atoms with Crippen LogP contribution in [0.4, 0.5) is 13.2 Å². The zero-order valence-electron chi connectivity index (χ0n) is 29.7. The first kappa shape index (κ1) is 43.7. The second-order valence-electron chi connectivity index (χ2n) is 11.6. The molecule has 0 saturated heterocycles. The number of benzene rings is 1. The molecule has 0 bridgehead atoms. The van der Waals surface area contributed by atoms with Crippen molar-refractivity contribution < 1.29 is 61.6 Å². The van der Waals surface area contributed by atoms with E-state index in [1.165, 1.54) is 79.0 Å². The van der Waals surface area contributed by atoms with Crippen LogP contribution in [-0.2, 0) is 35.2 Å². The van der Waals surface area contributed by atoms with Crippen LogP contribution in [0, 0.1) is 6.92 Å². The third-order valence-electron chi connectivity index (χ3n) is 7.85. The Labute approximate surface area is 357 Å². The number of hydrogen-bond acceptors (Lipinski definition) is 13. The Morgan fingerprint density at radius 2 is 1.42 bits per heavy atom. The van der Waals surface area contributed by atoms with E-state index >= 15 is 0 Å². The Hall–Kier alpha value is -6.43. The molecule has 7 heterocycles. The summed E-state index contributed by atoms with van der Waals surface area (Å²) in [4.78, 5) is 51.7. The number of nitrogens with zero attached hydrogens (tertiary/aromatic N) is 7. The number of alkyl halides is 3. The quantitative estimate of drug-likeness (QED) is 0.0624. The zero-order valence-corrected chi connectivity index (χ0v) is 33.9. The molecule has 0 aliphatic rings. The van der Waals surface area contributed by atoms with Crippen molar-refractivity contribution >= 4 is 79.1 Å². The molecule has 0 aliphatic heterocycles. The molecule has 20 heteroatoms. The average molecular weight is 939 g/mol. The number of aromatic nitrogens is 6. The molecule has 0 saturated carbocycles. The molecule has 59 heavy (non-hydrogen) atoms. The predicted octanol–water partition coefficient (Wildman–Crippen LogP) is 9.15. The number of fused-ring (bicyclic) bond motifs is 2. The first-order valence-electron chi connectivity index (χ1n) is 16.3. The summed E-state index contributed by atoms with van der Waals surface area (Å²) in [6.07, 6.45) is -0.0840. The topological polar surface area (TPSA) is 191 Å². The van der Waals surface area contributed by atoms with Crippen LogP contribution in [0.25, 0.3) is 70.2 Å². The number of hydrogen-bond donors (Lipinski definition) is 1. The van der Waals surface area contributed by atoms with Crippen molar-refractivity contribution in [1.29, 1.82) is 0 Å². The van der Waals surface area contributed by atoms with Crippen molar-refractivity contribution in [2.24, 2.45) is 0 Å². The van der Waals surface area contributed by atoms with E-state index in [0.717, 1.165) is 16.5 Å². The number of pyridine rings is 4. The third-order valence-corrected chi connectivity index (χ3v) is 10.0. The Balaban J connectivity index is 0.000000207. The molecule has 8 aromatic rings. The molecule has 13 nitrogen and oxygen atoms in total. The summed E-state index contributed by atoms with van der Waals surface area (Å²) >= 11 is 7.15. The van der Waals surface area contributed by atoms with E-state index < -0.39 is 17.8 Å². The van der Waals surface area contributed by atoms with Gasteiger partial charge in [0, 0.05) is 67.2 Å². The van der Waals surface area contributed by atoms with Gasteiger partial charge in [0.2, 0.25) is 0 Å². The summed E-state index contributed by atoms with van der Waals surface area (Å²) in [7, 11) is 0. The fourth-order valence-corrected chi connectivity index (χ4v) is 7.41. The smallest absolute Gasteiger partial charge is 0.753 e. The molecule has 0 aliphatic carbocycles. The first-order chi connectivity index (χ1) is 27.9. The molecule has 7 aromatic heterocycles. The molecule has 0 atom stereocenters. The van der Waals surface area contributed by atoms with Gasteiger partial charge in [0.25, 0.3) is 12.9 Å². The van der Waals surface area contributed by atoms with Crippen molar-refractivity contribution in [3.8, 4) is 56.1 Å². The van der Waals surface area contributed by atoms with Gasteiger partial charge in [0.15, 0.2) is 0 Å². The molecule has 1 aromatic carbocycles. The van der Waals surface area contributed by atoms with Gasteiger partial charge in [-0.25, -0.2) is 9.78 Å². The van der Waals surface area contributed by atoms with E-state index in [9.17, 15) is 27.6 Å². The maximum Gasteiger partial charge on any atom is 2.00 e. The summed E-state index contributed by atoms with van der Waals surface area (Å²) in [6.45, 7) is 2.64. The molecular weight excluding hydrogens is 917 g/mol. The van der Waals surface area contributed by atoms with E-state index in [0.29, 0.717) is 17.1 Å². The number of rotatable bonds is 9. The van der Waals surface area contributed by atoms with Crippen LogP contribution in [-0.4, -0.2) is 54.2 Å². The van der Waals surface area contributed by atoms with Crippen LogP contribution >= 0.6 is 34.9 Å². The minimum atomic E-state index is -4.51. The first-order valence-corrected chi connectivity index (χ1v) is 18.3. The number of carbonyl (C=O) groups is 3. The zero-order chi connectivity index (χ0) is 41.4. The van der Waals surface area contributed by atoms with Crippen LogP contribution < -0.4 is 14.6 Å². The van der Waals surface area contributed by atoms with Gasteiger partial charge in [-0.15, -0.1) is 22.7 Å². The monoisotopic (exact) mass is 939 g/mol. The second kappa shape index (κ2) is 19.3. The predicted molar refractivity (Wildman–Crippen MR) is 214 cm³/mol. The van der Waals surface area contributed by atoms with Crippen LogP contribution in [0.2, 0.25) is 0 Å². The molecule has 0 radical (unpaired) electrons. The second-order valence-corrected chi connectivity index (χ2v) is 14.2. The van der Waals surface area contributed by atoms with Gasteiger partial charge in [0.05, 0.1) is 28.3 Å². The van der Waals surface area contributed by atoms with Crippen molar-refractivity contribution in [3.05, 3.63) is 119 Å². The molecule has 0 fully saturated rings. The van der Waals surface area contributed by atoms with Gasteiger partial charge in [-0.3, -0.25) is 24.5 Å². The van der Waals surface area contributed by atoms with Crippen LogP contribution in [0.1, 0.15) is 20.9 Å². The number of aryl methyl sites for hydroxylation is 1. The number of halogens is 3. The number of carbonyl (C=O) groups excluding carboxylic acids is 2. The largest absolute Gasteiger partial charge is 2.00 e. The maximum atomic E-state index is 12.7. The summed E-state index contributed by atoms with van der Waals surface area (Å²) < 4.78 is 50.2. The number of isothiocyanates is 1. The molecule has 0 spiro atoms. The average Bonchev–Trinajstić information content (AvgIpc) is 3.96. The number of carboxylic acids is 1. The van der Waals surface area contributed by atoms with Crippen LogP contribution in [0.5, 0.6) is 11.5 Å². The molecule has 0 unspecified atom stereocenters. The van der Waals surface area contributed by atoms with Gasteiger partial charge in [-0.1, -0.05) is 17.9 Å². The fourth-order valence-electron chi connectivity index (χ4n) is 5.37. The maximum absolute atomic E-state index is 12.7. The minimum absolute atomic E-state index is 0. The summed E-state index contributed by atoms with van der Waals surface area (Å²) in [5.41, 5.74) is 1.63. The molecular formula is C39H22F3N7O6RuS3. The van der Waals surface area contributed by atoms with Gasteiger partial charge in [-0.2, -0.15) is 18.3 Å². The van der Waals surface area contributed by atoms with E-state index in [2.05, 4.69) is 73.5 Å². The number of thiophene rings is 2. The Morgan fingerprint density at radius 3 is 2.03 bits per heavy atom. The molecule has 8 rings (SSSR count). The summed E-state index contributed by atoms with van der Waals surface area (Å²) in [5, 5.41) is 26.8. The van der Waals surface area contributed by atoms with E-state index in [4.69, 9.17) is 20.0 Å². The number of aromatic carboxylic acids is 1. The van der Waals surface area contributed by atoms with Gasteiger partial charge < -0.3 is 30.2 Å². The van der Waals surface area contributed by atoms with Gasteiger partial charge in [-0.05, 0) is 78.4 Å². The third kappa shape index (κ3) is 10.8. The number of ether oxygens (including phenoxy) is 2. The molecule has 296 valence electrons. The van der Waals surface area contributed by atoms with Gasteiger partial charge >= 0.3 is 31.6 Å². The molecule has 0 amide bonds. The van der Waals surface area contributed by atoms with Crippen molar-refractivity contribution in [3.63, 3.8) is 0 Å². The SMILES string of the molecule is Cc1cc2cc3sc(-c4ccc(-c5cc(C(F)(F)F)n[n-]5)nc4)cc3cc2s1.O=COc1ccnc(-c2cc(OC=O)cc(-c3cc(C(=O)O)ccn3)n2)c1.[N-]=C=S.[Ru+2].